The monoisotopic (exact) mass is 182 g/mol. The number of hydrogen-bond acceptors (Lipinski definition) is 5. The Bertz CT molecular complexity index is 286. The number of aryl methyl sites for hydroxylation is 1. The predicted octanol–water partition coefficient (Wildman–Crippen LogP) is 0.762. The Morgan fingerprint density at radius 3 is 2.62 bits per heavy atom. The molecule has 1 aromatic heterocycles. The highest BCUT2D eigenvalue weighted by molar-refractivity contribution is 5.19. The largest absolute Gasteiger partial charge is 0.329 e. The SMILES string of the molecule is Cc1cnncc1C1OCOCO1. The van der Waals surface area contributed by atoms with Crippen molar-refractivity contribution < 1.29 is 14.2 Å². The van der Waals surface area contributed by atoms with Gasteiger partial charge in [0.05, 0.1) is 12.4 Å². The number of aromatic nitrogens is 2. The summed E-state index contributed by atoms with van der Waals surface area (Å²) in [5, 5.41) is 7.52. The van der Waals surface area contributed by atoms with Crippen molar-refractivity contribution in [3.05, 3.63) is 23.5 Å². The first-order valence-electron chi connectivity index (χ1n) is 3.96. The highest BCUT2D eigenvalue weighted by atomic mass is 16.8. The van der Waals surface area contributed by atoms with Crippen molar-refractivity contribution in [2.45, 2.75) is 13.2 Å². The molecule has 0 amide bonds. The van der Waals surface area contributed by atoms with Crippen LogP contribution >= 0.6 is 0 Å². The lowest BCUT2D eigenvalue weighted by atomic mass is 10.2. The molecule has 1 fully saturated rings. The van der Waals surface area contributed by atoms with Gasteiger partial charge in [0.15, 0.2) is 19.9 Å². The fourth-order valence-electron chi connectivity index (χ4n) is 1.12. The van der Waals surface area contributed by atoms with Crippen LogP contribution in [0.15, 0.2) is 12.4 Å². The first-order chi connectivity index (χ1) is 6.38. The summed E-state index contributed by atoms with van der Waals surface area (Å²) in [5.74, 6) is 0. The summed E-state index contributed by atoms with van der Waals surface area (Å²) < 4.78 is 15.3. The van der Waals surface area contributed by atoms with Gasteiger partial charge in [0.1, 0.15) is 0 Å². The zero-order valence-electron chi connectivity index (χ0n) is 7.27. The zero-order chi connectivity index (χ0) is 9.10. The third-order valence-electron chi connectivity index (χ3n) is 1.83. The molecule has 1 saturated heterocycles. The molecular formula is C8H10N2O3. The van der Waals surface area contributed by atoms with E-state index in [4.69, 9.17) is 14.2 Å². The summed E-state index contributed by atoms with van der Waals surface area (Å²) in [6, 6.07) is 0. The minimum absolute atomic E-state index is 0.256. The topological polar surface area (TPSA) is 53.5 Å². The van der Waals surface area contributed by atoms with Crippen molar-refractivity contribution in [1.29, 1.82) is 0 Å². The normalized spacial score (nSPS) is 18.8. The van der Waals surface area contributed by atoms with Gasteiger partial charge in [-0.2, -0.15) is 10.2 Å². The average Bonchev–Trinajstić information content (AvgIpc) is 2.20. The first kappa shape index (κ1) is 8.55. The molecule has 1 aliphatic heterocycles. The van der Waals surface area contributed by atoms with Crippen molar-refractivity contribution in [2.75, 3.05) is 13.6 Å². The van der Waals surface area contributed by atoms with Crippen LogP contribution in [0.1, 0.15) is 17.4 Å². The molecule has 0 bridgehead atoms. The molecule has 0 spiro atoms. The van der Waals surface area contributed by atoms with E-state index < -0.39 is 0 Å². The molecule has 0 N–H and O–H groups in total. The Labute approximate surface area is 75.6 Å². The predicted molar refractivity (Wildman–Crippen MR) is 42.5 cm³/mol. The Balaban J connectivity index is 2.18. The van der Waals surface area contributed by atoms with Gasteiger partial charge in [-0.05, 0) is 12.5 Å². The minimum Gasteiger partial charge on any atom is -0.329 e. The summed E-state index contributed by atoms with van der Waals surface area (Å²) in [7, 11) is 0. The van der Waals surface area contributed by atoms with E-state index in [2.05, 4.69) is 10.2 Å². The third-order valence-corrected chi connectivity index (χ3v) is 1.83. The van der Waals surface area contributed by atoms with Gasteiger partial charge < -0.3 is 14.2 Å². The highest BCUT2D eigenvalue weighted by Crippen LogP contribution is 2.23. The molecular weight excluding hydrogens is 172 g/mol. The summed E-state index contributed by atoms with van der Waals surface area (Å²) in [5.41, 5.74) is 1.90. The van der Waals surface area contributed by atoms with E-state index >= 15 is 0 Å². The molecule has 1 aromatic rings. The molecule has 0 saturated carbocycles. The molecule has 5 nitrogen and oxygen atoms in total. The van der Waals surface area contributed by atoms with E-state index in [-0.39, 0.29) is 19.9 Å². The Morgan fingerprint density at radius 2 is 1.92 bits per heavy atom. The molecule has 0 aliphatic carbocycles. The molecule has 0 radical (unpaired) electrons. The van der Waals surface area contributed by atoms with Gasteiger partial charge in [0.2, 0.25) is 0 Å². The molecule has 2 rings (SSSR count). The maximum absolute atomic E-state index is 5.23. The van der Waals surface area contributed by atoms with E-state index in [9.17, 15) is 0 Å². The van der Waals surface area contributed by atoms with E-state index in [1.54, 1.807) is 12.4 Å². The maximum Gasteiger partial charge on any atom is 0.191 e. The van der Waals surface area contributed by atoms with Crippen LogP contribution in [0.25, 0.3) is 0 Å². The second-order valence-electron chi connectivity index (χ2n) is 2.73. The molecule has 5 heteroatoms. The van der Waals surface area contributed by atoms with Gasteiger partial charge in [0, 0.05) is 5.56 Å². The molecule has 0 aromatic carbocycles. The van der Waals surface area contributed by atoms with Crippen LogP contribution in [0.2, 0.25) is 0 Å². The van der Waals surface area contributed by atoms with Crippen molar-refractivity contribution in [1.82, 2.24) is 10.2 Å². The fraction of sp³-hybridized carbons (Fsp3) is 0.500. The van der Waals surface area contributed by atoms with Crippen LogP contribution in [-0.4, -0.2) is 23.8 Å². The number of ether oxygens (including phenoxy) is 3. The van der Waals surface area contributed by atoms with Crippen LogP contribution < -0.4 is 0 Å². The van der Waals surface area contributed by atoms with Gasteiger partial charge >= 0.3 is 0 Å². The van der Waals surface area contributed by atoms with Crippen molar-refractivity contribution in [3.63, 3.8) is 0 Å². The number of hydrogen-bond donors (Lipinski definition) is 0. The zero-order valence-corrected chi connectivity index (χ0v) is 7.27. The van der Waals surface area contributed by atoms with Crippen LogP contribution in [0.4, 0.5) is 0 Å². The fourth-order valence-corrected chi connectivity index (χ4v) is 1.12. The van der Waals surface area contributed by atoms with Crippen molar-refractivity contribution in [3.8, 4) is 0 Å². The second-order valence-corrected chi connectivity index (χ2v) is 2.73. The maximum atomic E-state index is 5.23. The van der Waals surface area contributed by atoms with Crippen molar-refractivity contribution in [2.24, 2.45) is 0 Å². The molecule has 0 unspecified atom stereocenters. The average molecular weight is 182 g/mol. The van der Waals surface area contributed by atoms with Crippen LogP contribution in [0.3, 0.4) is 0 Å². The lowest BCUT2D eigenvalue weighted by Gasteiger charge is -2.23. The summed E-state index contributed by atoms with van der Waals surface area (Å²) in [6.07, 6.45) is 2.95. The Hall–Kier alpha value is -1.04. The standard InChI is InChI=1S/C8H10N2O3/c1-6-2-9-10-3-7(6)8-12-4-11-5-13-8/h2-3,8H,4-5H2,1H3. The quantitative estimate of drug-likeness (QED) is 0.641. The minimum atomic E-state index is -0.371. The van der Waals surface area contributed by atoms with Crippen LogP contribution in [0.5, 0.6) is 0 Å². The summed E-state index contributed by atoms with van der Waals surface area (Å²) in [6.45, 7) is 2.45. The van der Waals surface area contributed by atoms with Gasteiger partial charge in [-0.15, -0.1) is 0 Å². The van der Waals surface area contributed by atoms with Crippen LogP contribution in [0, 0.1) is 6.92 Å². The Morgan fingerprint density at radius 1 is 1.23 bits per heavy atom. The lowest BCUT2D eigenvalue weighted by Crippen LogP contribution is -2.20. The van der Waals surface area contributed by atoms with E-state index in [0.717, 1.165) is 11.1 Å². The van der Waals surface area contributed by atoms with Crippen molar-refractivity contribution >= 4 is 0 Å². The first-order valence-corrected chi connectivity index (χ1v) is 3.96. The smallest absolute Gasteiger partial charge is 0.191 e. The van der Waals surface area contributed by atoms with Crippen LogP contribution in [-0.2, 0) is 14.2 Å². The van der Waals surface area contributed by atoms with Gasteiger partial charge in [-0.1, -0.05) is 0 Å². The molecule has 13 heavy (non-hydrogen) atoms. The van der Waals surface area contributed by atoms with Gasteiger partial charge in [-0.25, -0.2) is 0 Å². The molecule has 70 valence electrons. The molecule has 2 heterocycles. The van der Waals surface area contributed by atoms with Gasteiger partial charge in [-0.3, -0.25) is 0 Å². The number of nitrogens with zero attached hydrogens (tertiary/aromatic N) is 2. The third kappa shape index (κ3) is 1.82. The second kappa shape index (κ2) is 3.78. The lowest BCUT2D eigenvalue weighted by molar-refractivity contribution is -0.303. The highest BCUT2D eigenvalue weighted by Gasteiger charge is 2.18. The van der Waals surface area contributed by atoms with E-state index in [0.29, 0.717) is 0 Å². The summed E-state index contributed by atoms with van der Waals surface area (Å²) >= 11 is 0. The molecule has 0 atom stereocenters. The van der Waals surface area contributed by atoms with E-state index in [1.165, 1.54) is 0 Å². The summed E-state index contributed by atoms with van der Waals surface area (Å²) in [4.78, 5) is 0. The molecule has 1 aliphatic rings. The Kier molecular flexibility index (Phi) is 2.49. The number of rotatable bonds is 1. The van der Waals surface area contributed by atoms with E-state index in [1.807, 2.05) is 6.92 Å². The van der Waals surface area contributed by atoms with Gasteiger partial charge in [0.25, 0.3) is 0 Å².